The minimum absolute atomic E-state index is 0.128. The molecule has 0 aliphatic carbocycles. The number of piperazine rings is 1. The normalized spacial score (nSPS) is 18.5. The Morgan fingerprint density at radius 1 is 1.38 bits per heavy atom. The van der Waals surface area contributed by atoms with Crippen molar-refractivity contribution in [3.8, 4) is 5.75 Å². The lowest BCUT2D eigenvalue weighted by Crippen LogP contribution is -2.58. The number of aromatic hydroxyl groups is 1. The quantitative estimate of drug-likeness (QED) is 0.659. The first-order chi connectivity index (χ1) is 9.72. The van der Waals surface area contributed by atoms with E-state index in [9.17, 15) is 20.0 Å². The van der Waals surface area contributed by atoms with Crippen LogP contribution in [0, 0.1) is 10.1 Å². The second-order valence-electron chi connectivity index (χ2n) is 5.92. The summed E-state index contributed by atoms with van der Waals surface area (Å²) in [6.45, 7) is 6.04. The van der Waals surface area contributed by atoms with Crippen LogP contribution in [0.2, 0.25) is 0 Å². The number of carbonyl (C=O) groups excluding carboxylic acids is 1. The van der Waals surface area contributed by atoms with E-state index in [-0.39, 0.29) is 17.0 Å². The van der Waals surface area contributed by atoms with E-state index in [0.29, 0.717) is 13.1 Å². The topological polar surface area (TPSA) is 86.9 Å². The summed E-state index contributed by atoms with van der Waals surface area (Å²) in [6, 6.07) is 3.70. The fourth-order valence-electron chi connectivity index (χ4n) is 2.41. The van der Waals surface area contributed by atoms with Gasteiger partial charge in [-0.15, -0.1) is 0 Å². The molecule has 0 unspecified atom stereocenters. The first kappa shape index (κ1) is 15.2. The smallest absolute Gasteiger partial charge is 0.310 e. The predicted molar refractivity (Wildman–Crippen MR) is 77.4 cm³/mol. The maximum absolute atomic E-state index is 12.5. The summed E-state index contributed by atoms with van der Waals surface area (Å²) in [5.74, 6) is -0.708. The van der Waals surface area contributed by atoms with Crippen LogP contribution in [-0.4, -0.2) is 58.0 Å². The first-order valence-electron chi connectivity index (χ1n) is 6.70. The van der Waals surface area contributed by atoms with E-state index in [1.807, 2.05) is 7.05 Å². The average Bonchev–Trinajstić information content (AvgIpc) is 2.40. The van der Waals surface area contributed by atoms with Crippen LogP contribution in [0.4, 0.5) is 5.69 Å². The number of rotatable bonds is 2. The molecule has 0 spiro atoms. The van der Waals surface area contributed by atoms with Gasteiger partial charge in [-0.2, -0.15) is 0 Å². The van der Waals surface area contributed by atoms with Crippen molar-refractivity contribution in [2.75, 3.05) is 26.7 Å². The molecule has 21 heavy (non-hydrogen) atoms. The van der Waals surface area contributed by atoms with E-state index >= 15 is 0 Å². The van der Waals surface area contributed by atoms with Gasteiger partial charge in [-0.05, 0) is 33.0 Å². The summed E-state index contributed by atoms with van der Waals surface area (Å²) in [5.41, 5.74) is -0.264. The van der Waals surface area contributed by atoms with Crippen molar-refractivity contribution in [3.05, 3.63) is 33.9 Å². The van der Waals surface area contributed by atoms with Gasteiger partial charge < -0.3 is 10.0 Å². The molecule has 1 fully saturated rings. The van der Waals surface area contributed by atoms with Crippen LogP contribution in [0.5, 0.6) is 5.75 Å². The summed E-state index contributed by atoms with van der Waals surface area (Å²) in [4.78, 5) is 26.3. The third-order valence-corrected chi connectivity index (χ3v) is 4.02. The molecular formula is C14H19N3O4. The Labute approximate surface area is 122 Å². The number of nitro benzene ring substituents is 1. The molecule has 0 bridgehead atoms. The van der Waals surface area contributed by atoms with Crippen LogP contribution in [0.25, 0.3) is 0 Å². The minimum atomic E-state index is -0.678. The lowest BCUT2D eigenvalue weighted by Gasteiger charge is -2.45. The highest BCUT2D eigenvalue weighted by atomic mass is 16.6. The van der Waals surface area contributed by atoms with Gasteiger partial charge in [-0.25, -0.2) is 0 Å². The Morgan fingerprint density at radius 3 is 2.57 bits per heavy atom. The molecule has 0 radical (unpaired) electrons. The van der Waals surface area contributed by atoms with Gasteiger partial charge in [0.25, 0.3) is 5.91 Å². The van der Waals surface area contributed by atoms with Gasteiger partial charge in [0.15, 0.2) is 5.75 Å². The van der Waals surface area contributed by atoms with Crippen molar-refractivity contribution >= 4 is 11.6 Å². The third-order valence-electron chi connectivity index (χ3n) is 4.02. The monoisotopic (exact) mass is 293 g/mol. The molecule has 0 atom stereocenters. The molecule has 1 aliphatic rings. The fourth-order valence-corrected chi connectivity index (χ4v) is 2.41. The van der Waals surface area contributed by atoms with Gasteiger partial charge >= 0.3 is 5.69 Å². The number of phenols is 1. The van der Waals surface area contributed by atoms with Gasteiger partial charge in [-0.1, -0.05) is 0 Å². The number of nitro groups is 1. The van der Waals surface area contributed by atoms with Crippen LogP contribution in [-0.2, 0) is 0 Å². The van der Waals surface area contributed by atoms with Crippen LogP contribution in [0.3, 0.4) is 0 Å². The summed E-state index contributed by atoms with van der Waals surface area (Å²) in [5, 5.41) is 20.3. The fraction of sp³-hybridized carbons (Fsp3) is 0.500. The zero-order valence-electron chi connectivity index (χ0n) is 12.4. The molecule has 0 aromatic heterocycles. The second-order valence-corrected chi connectivity index (χ2v) is 5.92. The number of likely N-dealkylation sites (N-methyl/N-ethyl adjacent to an activating group) is 1. The Kier molecular flexibility index (Phi) is 3.87. The molecule has 2 rings (SSSR count). The van der Waals surface area contributed by atoms with Crippen LogP contribution >= 0.6 is 0 Å². The van der Waals surface area contributed by atoms with Crippen molar-refractivity contribution in [1.29, 1.82) is 0 Å². The molecule has 1 aliphatic heterocycles. The molecule has 0 saturated carbocycles. The molecule has 1 saturated heterocycles. The van der Waals surface area contributed by atoms with E-state index in [0.717, 1.165) is 18.7 Å². The van der Waals surface area contributed by atoms with Crippen molar-refractivity contribution in [2.24, 2.45) is 0 Å². The van der Waals surface area contributed by atoms with E-state index in [4.69, 9.17) is 0 Å². The van der Waals surface area contributed by atoms with Crippen molar-refractivity contribution < 1.29 is 14.8 Å². The van der Waals surface area contributed by atoms with Crippen molar-refractivity contribution in [2.45, 2.75) is 19.4 Å². The number of hydrogen-bond donors (Lipinski definition) is 1. The highest BCUT2D eigenvalue weighted by molar-refractivity contribution is 5.95. The van der Waals surface area contributed by atoms with Crippen LogP contribution < -0.4 is 0 Å². The predicted octanol–water partition coefficient (Wildman–Crippen LogP) is 1.47. The Balaban J connectivity index is 2.21. The molecule has 1 amide bonds. The molecule has 1 aromatic carbocycles. The molecule has 1 aromatic rings. The van der Waals surface area contributed by atoms with Crippen LogP contribution in [0.15, 0.2) is 18.2 Å². The summed E-state index contributed by atoms with van der Waals surface area (Å²) in [7, 11) is 2.01. The molecule has 1 heterocycles. The Bertz CT molecular complexity index is 586. The second kappa shape index (κ2) is 5.33. The largest absolute Gasteiger partial charge is 0.502 e. The number of hydrogen-bond acceptors (Lipinski definition) is 5. The zero-order chi connectivity index (χ0) is 15.8. The Hall–Kier alpha value is -2.15. The first-order valence-corrected chi connectivity index (χ1v) is 6.70. The summed E-state index contributed by atoms with van der Waals surface area (Å²) in [6.07, 6.45) is 0. The van der Waals surface area contributed by atoms with Gasteiger partial charge in [0.2, 0.25) is 0 Å². The van der Waals surface area contributed by atoms with Crippen molar-refractivity contribution in [1.82, 2.24) is 9.80 Å². The van der Waals surface area contributed by atoms with E-state index < -0.39 is 16.4 Å². The number of nitrogens with zero attached hydrogens (tertiary/aromatic N) is 3. The maximum Gasteiger partial charge on any atom is 0.310 e. The lowest BCUT2D eigenvalue weighted by atomic mass is 9.99. The Morgan fingerprint density at radius 2 is 2.05 bits per heavy atom. The highest BCUT2D eigenvalue weighted by Crippen LogP contribution is 2.27. The number of amides is 1. The van der Waals surface area contributed by atoms with Crippen LogP contribution in [0.1, 0.15) is 24.2 Å². The van der Waals surface area contributed by atoms with Gasteiger partial charge in [0.05, 0.1) is 4.92 Å². The molecule has 1 N–H and O–H groups in total. The lowest BCUT2D eigenvalue weighted by molar-refractivity contribution is -0.385. The van der Waals surface area contributed by atoms with E-state index in [1.54, 1.807) is 4.90 Å². The molecule has 114 valence electrons. The van der Waals surface area contributed by atoms with E-state index in [1.165, 1.54) is 6.07 Å². The molecular weight excluding hydrogens is 274 g/mol. The number of benzene rings is 1. The highest BCUT2D eigenvalue weighted by Gasteiger charge is 2.33. The molecule has 7 nitrogen and oxygen atoms in total. The van der Waals surface area contributed by atoms with Gasteiger partial charge in [0, 0.05) is 36.8 Å². The van der Waals surface area contributed by atoms with Crippen molar-refractivity contribution in [3.63, 3.8) is 0 Å². The third kappa shape index (κ3) is 2.97. The maximum atomic E-state index is 12.5. The van der Waals surface area contributed by atoms with Gasteiger partial charge in [0.1, 0.15) is 0 Å². The zero-order valence-corrected chi connectivity index (χ0v) is 12.4. The standard InChI is InChI=1S/C14H19N3O4/c1-14(2)9-16(7-6-15(14)3)13(19)10-4-5-11(17(20)21)12(18)8-10/h4-5,8,18H,6-7,9H2,1-3H3. The number of phenolic OH excluding ortho intramolecular Hbond substituents is 1. The average molecular weight is 293 g/mol. The van der Waals surface area contributed by atoms with Gasteiger partial charge in [-0.3, -0.25) is 19.8 Å². The minimum Gasteiger partial charge on any atom is -0.502 e. The number of carbonyl (C=O) groups is 1. The molecule has 7 heteroatoms. The van der Waals surface area contributed by atoms with E-state index in [2.05, 4.69) is 18.7 Å². The summed E-state index contributed by atoms with van der Waals surface area (Å²) < 4.78 is 0. The SMILES string of the molecule is CN1CCN(C(=O)c2ccc([N+](=O)[O-])c(O)c2)CC1(C)C. The summed E-state index contributed by atoms with van der Waals surface area (Å²) >= 11 is 0.